The summed E-state index contributed by atoms with van der Waals surface area (Å²) >= 11 is 0. The summed E-state index contributed by atoms with van der Waals surface area (Å²) in [5, 5.41) is 3.38. The maximum atomic E-state index is 4.75. The van der Waals surface area contributed by atoms with Crippen LogP contribution in [0, 0.1) is 17.8 Å². The number of hydrogen-bond acceptors (Lipinski definition) is 2. The monoisotopic (exact) mass is 354 g/mol. The third-order valence-corrected chi connectivity index (χ3v) is 6.40. The van der Waals surface area contributed by atoms with Crippen molar-refractivity contribution in [3.8, 4) is 0 Å². The number of allylic oxidation sites excluding steroid dienone is 1. The maximum absolute atomic E-state index is 4.75. The second kappa shape index (κ2) is 9.94. The lowest BCUT2D eigenvalue weighted by Crippen LogP contribution is -2.25. The smallest absolute Gasteiger partial charge is 0.0824 e. The van der Waals surface area contributed by atoms with Gasteiger partial charge in [0.1, 0.15) is 0 Å². The molecular formula is C24H38N2. The summed E-state index contributed by atoms with van der Waals surface area (Å²) in [5.74, 6) is 0. The highest BCUT2D eigenvalue weighted by Crippen LogP contribution is 2.38. The molecule has 1 heterocycles. The summed E-state index contributed by atoms with van der Waals surface area (Å²) in [5.41, 5.74) is 3.42. The lowest BCUT2D eigenvalue weighted by Gasteiger charge is -2.33. The molecule has 0 fully saturated rings. The third kappa shape index (κ3) is 6.30. The minimum absolute atomic E-state index is 0.242. The van der Waals surface area contributed by atoms with Gasteiger partial charge in [-0.2, -0.15) is 0 Å². The largest absolute Gasteiger partial charge is 0.376 e. The maximum Gasteiger partial charge on any atom is 0.0824 e. The first-order valence-electron chi connectivity index (χ1n) is 10.4. The van der Waals surface area contributed by atoms with Crippen LogP contribution in [0.1, 0.15) is 69.9 Å². The van der Waals surface area contributed by atoms with Crippen molar-refractivity contribution in [1.29, 1.82) is 0 Å². The molecule has 0 aromatic heterocycles. The Balaban J connectivity index is 2.00. The Morgan fingerprint density at radius 3 is 2.85 bits per heavy atom. The van der Waals surface area contributed by atoms with E-state index in [2.05, 4.69) is 63.0 Å². The van der Waals surface area contributed by atoms with Crippen molar-refractivity contribution in [2.45, 2.75) is 72.1 Å². The molecule has 1 aliphatic rings. The van der Waals surface area contributed by atoms with Crippen molar-refractivity contribution in [1.82, 2.24) is 5.32 Å². The van der Waals surface area contributed by atoms with Gasteiger partial charge in [0.2, 0.25) is 0 Å². The highest BCUT2D eigenvalue weighted by molar-refractivity contribution is 5.54. The first kappa shape index (κ1) is 20.7. The molecule has 26 heavy (non-hydrogen) atoms. The van der Waals surface area contributed by atoms with Gasteiger partial charge in [-0.25, -0.2) is 0 Å². The van der Waals surface area contributed by atoms with Crippen LogP contribution >= 0.6 is 0 Å². The zero-order valence-electron chi connectivity index (χ0n) is 17.2. The second-order valence-electron chi connectivity index (χ2n) is 8.58. The van der Waals surface area contributed by atoms with Gasteiger partial charge in [0.15, 0.2) is 0 Å². The summed E-state index contributed by atoms with van der Waals surface area (Å²) < 4.78 is 0. The molecule has 2 unspecified atom stereocenters. The van der Waals surface area contributed by atoms with Crippen molar-refractivity contribution in [3.05, 3.63) is 48.0 Å². The van der Waals surface area contributed by atoms with E-state index in [9.17, 15) is 0 Å². The molecule has 0 amide bonds. The van der Waals surface area contributed by atoms with Crippen LogP contribution in [0.2, 0.25) is 0 Å². The number of nitrogens with one attached hydrogen (secondary N) is 1. The SMILES string of the molecule is C=CC1(C)CCCC(CC)(CCCc2cccc(C)c2)CN=CNCC1. The van der Waals surface area contributed by atoms with Crippen LogP contribution < -0.4 is 5.32 Å². The summed E-state index contributed by atoms with van der Waals surface area (Å²) in [6.45, 7) is 12.9. The molecule has 0 bridgehead atoms. The van der Waals surface area contributed by atoms with Crippen LogP contribution in [0.25, 0.3) is 0 Å². The highest BCUT2D eigenvalue weighted by Gasteiger charge is 2.29. The number of aliphatic imine (C=N–C) groups is 1. The normalized spacial score (nSPS) is 27.3. The molecule has 2 atom stereocenters. The van der Waals surface area contributed by atoms with E-state index in [1.807, 2.05) is 6.34 Å². The molecule has 1 aromatic rings. The first-order valence-corrected chi connectivity index (χ1v) is 10.4. The molecule has 1 N–H and O–H groups in total. The first-order chi connectivity index (χ1) is 12.5. The van der Waals surface area contributed by atoms with Gasteiger partial charge in [-0.3, -0.25) is 4.99 Å². The standard InChI is InChI=1S/C24H38N2/c1-5-23(4)13-9-15-24(6-2,19-26-20-25-17-16-23)14-8-12-22-11-7-10-21(3)18-22/h5,7,10-11,18,20H,1,6,8-9,12-17,19H2,2-4H3,(H,25,26). The Bertz CT molecular complexity index is 592. The van der Waals surface area contributed by atoms with E-state index < -0.39 is 0 Å². The molecular weight excluding hydrogens is 316 g/mol. The van der Waals surface area contributed by atoms with Gasteiger partial charge in [-0.05, 0) is 68.3 Å². The van der Waals surface area contributed by atoms with Gasteiger partial charge in [-0.1, -0.05) is 56.2 Å². The van der Waals surface area contributed by atoms with Crippen LogP contribution in [0.5, 0.6) is 0 Å². The highest BCUT2D eigenvalue weighted by atomic mass is 14.9. The molecule has 1 aromatic carbocycles. The molecule has 2 nitrogen and oxygen atoms in total. The Kier molecular flexibility index (Phi) is 7.93. The van der Waals surface area contributed by atoms with E-state index in [0.717, 1.165) is 19.5 Å². The van der Waals surface area contributed by atoms with Crippen molar-refractivity contribution < 1.29 is 0 Å². The Morgan fingerprint density at radius 1 is 1.27 bits per heavy atom. The quantitative estimate of drug-likeness (QED) is 0.613. The number of benzene rings is 1. The predicted molar refractivity (Wildman–Crippen MR) is 115 cm³/mol. The van der Waals surface area contributed by atoms with Crippen molar-refractivity contribution in [2.75, 3.05) is 13.1 Å². The van der Waals surface area contributed by atoms with E-state index in [1.54, 1.807) is 0 Å². The van der Waals surface area contributed by atoms with Gasteiger partial charge in [0.05, 0.1) is 6.34 Å². The summed E-state index contributed by atoms with van der Waals surface area (Å²) in [6.07, 6.45) is 13.9. The second-order valence-corrected chi connectivity index (χ2v) is 8.58. The zero-order chi connectivity index (χ0) is 18.9. The van der Waals surface area contributed by atoms with Crippen LogP contribution in [-0.4, -0.2) is 19.4 Å². The number of hydrogen-bond donors (Lipinski definition) is 1. The van der Waals surface area contributed by atoms with E-state index in [1.165, 1.54) is 56.1 Å². The molecule has 0 saturated carbocycles. The van der Waals surface area contributed by atoms with Gasteiger partial charge in [0.25, 0.3) is 0 Å². The van der Waals surface area contributed by atoms with Gasteiger partial charge < -0.3 is 5.32 Å². The molecule has 0 radical (unpaired) electrons. The summed E-state index contributed by atoms with van der Waals surface area (Å²) in [6, 6.07) is 8.95. The average Bonchev–Trinajstić information content (AvgIpc) is 2.67. The van der Waals surface area contributed by atoms with Crippen LogP contribution in [-0.2, 0) is 6.42 Å². The lowest BCUT2D eigenvalue weighted by molar-refractivity contribution is 0.213. The summed E-state index contributed by atoms with van der Waals surface area (Å²) in [4.78, 5) is 4.75. The molecule has 0 aliphatic carbocycles. The van der Waals surface area contributed by atoms with Crippen LogP contribution in [0.4, 0.5) is 0 Å². The van der Waals surface area contributed by atoms with Crippen molar-refractivity contribution in [2.24, 2.45) is 15.8 Å². The number of nitrogens with zero attached hydrogens (tertiary/aromatic N) is 1. The van der Waals surface area contributed by atoms with Crippen LogP contribution in [0.3, 0.4) is 0 Å². The molecule has 1 aliphatic heterocycles. The van der Waals surface area contributed by atoms with E-state index in [4.69, 9.17) is 4.99 Å². The van der Waals surface area contributed by atoms with Crippen LogP contribution in [0.15, 0.2) is 41.9 Å². The lowest BCUT2D eigenvalue weighted by atomic mass is 9.73. The fourth-order valence-corrected chi connectivity index (χ4v) is 4.21. The minimum atomic E-state index is 0.242. The summed E-state index contributed by atoms with van der Waals surface area (Å²) in [7, 11) is 0. The predicted octanol–water partition coefficient (Wildman–Crippen LogP) is 6.10. The Labute approximate surface area is 161 Å². The fraction of sp³-hybridized carbons (Fsp3) is 0.625. The molecule has 0 spiro atoms. The fourth-order valence-electron chi connectivity index (χ4n) is 4.21. The number of rotatable bonds is 6. The topological polar surface area (TPSA) is 24.4 Å². The third-order valence-electron chi connectivity index (χ3n) is 6.40. The van der Waals surface area contributed by atoms with E-state index in [0.29, 0.717) is 5.41 Å². The molecule has 2 rings (SSSR count). The minimum Gasteiger partial charge on any atom is -0.376 e. The zero-order valence-corrected chi connectivity index (χ0v) is 17.2. The van der Waals surface area contributed by atoms with Crippen molar-refractivity contribution >= 4 is 6.34 Å². The van der Waals surface area contributed by atoms with Crippen molar-refractivity contribution in [3.63, 3.8) is 0 Å². The Morgan fingerprint density at radius 2 is 2.12 bits per heavy atom. The average molecular weight is 355 g/mol. The molecule has 144 valence electrons. The van der Waals surface area contributed by atoms with Gasteiger partial charge in [-0.15, -0.1) is 6.58 Å². The number of aryl methyl sites for hydroxylation is 2. The van der Waals surface area contributed by atoms with E-state index in [-0.39, 0.29) is 5.41 Å². The molecule has 0 saturated heterocycles. The van der Waals surface area contributed by atoms with Gasteiger partial charge >= 0.3 is 0 Å². The van der Waals surface area contributed by atoms with E-state index >= 15 is 0 Å². The Hall–Kier alpha value is -1.57. The molecule has 2 heteroatoms. The van der Waals surface area contributed by atoms with Gasteiger partial charge in [0, 0.05) is 13.1 Å².